The number of aromatic nitrogens is 3. The largest absolute Gasteiger partial charge is 0.481 e. The Morgan fingerprint density at radius 1 is 0.933 bits per heavy atom. The third-order valence-electron chi connectivity index (χ3n) is 9.28. The minimum atomic E-state index is -0.857. The van der Waals surface area contributed by atoms with Gasteiger partial charge in [0, 0.05) is 13.1 Å². The van der Waals surface area contributed by atoms with Gasteiger partial charge in [0.05, 0.1) is 11.1 Å². The number of carboxylic acid groups (broad SMARTS) is 1. The lowest BCUT2D eigenvalue weighted by molar-refractivity contribution is -0.158. The van der Waals surface area contributed by atoms with Crippen molar-refractivity contribution in [2.45, 2.75) is 45.1 Å². The van der Waals surface area contributed by atoms with E-state index in [0.29, 0.717) is 50.6 Å². The molecular weight excluding hydrogens is 589 g/mol. The SMILES string of the molecule is Nc1c(Nc2cc(CNC(=O)c3cc(C(=O)NCC45CCC(C(=O)O)(CC4)CC5)n4c(N)nc(N)c4n3)ccc2F)c(=O)c1=O. The van der Waals surface area contributed by atoms with Gasteiger partial charge in [-0.3, -0.25) is 28.4 Å². The monoisotopic (exact) mass is 619 g/mol. The summed E-state index contributed by atoms with van der Waals surface area (Å²) < 4.78 is 15.6. The zero-order valence-electron chi connectivity index (χ0n) is 23.9. The molecule has 3 aliphatic carbocycles. The number of aliphatic carboxylic acids is 1. The Hall–Kier alpha value is -5.54. The van der Waals surface area contributed by atoms with E-state index in [2.05, 4.69) is 25.9 Å². The molecule has 45 heavy (non-hydrogen) atoms. The first-order valence-corrected chi connectivity index (χ1v) is 14.2. The maximum absolute atomic E-state index is 14.4. The van der Waals surface area contributed by atoms with Crippen LogP contribution in [0.1, 0.15) is 65.1 Å². The van der Waals surface area contributed by atoms with E-state index in [0.717, 1.165) is 6.07 Å². The lowest BCUT2D eigenvalue weighted by Gasteiger charge is -2.51. The molecule has 7 rings (SSSR count). The summed E-state index contributed by atoms with van der Waals surface area (Å²) in [6.07, 6.45) is 3.71. The fourth-order valence-corrected chi connectivity index (χ4v) is 6.34. The molecule has 0 aliphatic heterocycles. The van der Waals surface area contributed by atoms with Crippen molar-refractivity contribution in [1.82, 2.24) is 25.0 Å². The van der Waals surface area contributed by atoms with Crippen LogP contribution in [0.3, 0.4) is 0 Å². The van der Waals surface area contributed by atoms with Crippen molar-refractivity contribution in [1.29, 1.82) is 0 Å². The molecule has 2 bridgehead atoms. The van der Waals surface area contributed by atoms with Crippen LogP contribution in [0.5, 0.6) is 0 Å². The Morgan fingerprint density at radius 3 is 2.27 bits per heavy atom. The standard InChI is InChI=1S/C29H30FN9O6/c30-14-2-1-13(9-15(14)36-19-18(31)20(40)21(19)41)11-34-24(42)16-10-17(39-23(37-16)22(32)38-27(39)33)25(43)35-12-28-3-6-29(7-4-28,8-5-28)26(44)45/h1-2,9-10,36H,3-8,11-12,31-32H2,(H2,33,38)(H,34,42)(H,35,43)(H,44,45). The molecule has 2 aromatic heterocycles. The number of carbonyl (C=O) groups is 3. The summed E-state index contributed by atoms with van der Waals surface area (Å²) in [4.78, 5) is 69.9. The van der Waals surface area contributed by atoms with Gasteiger partial charge in [0.25, 0.3) is 22.7 Å². The average Bonchev–Trinajstić information content (AvgIpc) is 3.34. The van der Waals surface area contributed by atoms with Crippen molar-refractivity contribution in [2.24, 2.45) is 10.8 Å². The Kier molecular flexibility index (Phi) is 6.93. The smallest absolute Gasteiger partial charge is 0.309 e. The molecule has 2 amide bonds. The molecule has 0 unspecified atom stereocenters. The second-order valence-electron chi connectivity index (χ2n) is 11.9. The molecule has 2 heterocycles. The molecule has 16 heteroatoms. The number of nitrogens with one attached hydrogen (secondary N) is 3. The number of anilines is 5. The number of halogens is 1. The normalized spacial score (nSPS) is 20.7. The number of benzene rings is 1. The highest BCUT2D eigenvalue weighted by molar-refractivity contribution is 5.99. The van der Waals surface area contributed by atoms with Crippen LogP contribution in [0, 0.1) is 16.6 Å². The first kappa shape index (κ1) is 29.5. The summed E-state index contributed by atoms with van der Waals surface area (Å²) in [5.41, 5.74) is 14.6. The Bertz CT molecular complexity index is 1950. The molecule has 15 nitrogen and oxygen atoms in total. The number of rotatable bonds is 9. The summed E-state index contributed by atoms with van der Waals surface area (Å²) in [5, 5.41) is 17.8. The van der Waals surface area contributed by atoms with Gasteiger partial charge in [-0.05, 0) is 67.7 Å². The van der Waals surface area contributed by atoms with Gasteiger partial charge in [-0.1, -0.05) is 6.07 Å². The van der Waals surface area contributed by atoms with Crippen molar-refractivity contribution >= 4 is 52.3 Å². The zero-order valence-corrected chi connectivity index (χ0v) is 23.9. The van der Waals surface area contributed by atoms with E-state index in [1.54, 1.807) is 0 Å². The second kappa shape index (κ2) is 10.6. The van der Waals surface area contributed by atoms with Crippen molar-refractivity contribution in [3.05, 3.63) is 67.5 Å². The van der Waals surface area contributed by atoms with Crippen molar-refractivity contribution in [2.75, 3.05) is 29.1 Å². The van der Waals surface area contributed by atoms with Crippen molar-refractivity contribution in [3.63, 3.8) is 0 Å². The Balaban J connectivity index is 1.19. The summed E-state index contributed by atoms with van der Waals surface area (Å²) in [6.45, 7) is 0.223. The highest BCUT2D eigenvalue weighted by Gasteiger charge is 2.52. The number of nitrogens with zero attached hydrogens (tertiary/aromatic N) is 3. The van der Waals surface area contributed by atoms with Crippen LogP contribution in [-0.4, -0.2) is 43.8 Å². The zero-order chi connectivity index (χ0) is 32.3. The van der Waals surface area contributed by atoms with E-state index in [9.17, 15) is 33.5 Å². The predicted molar refractivity (Wildman–Crippen MR) is 161 cm³/mol. The molecular formula is C29H30FN9O6. The third-order valence-corrected chi connectivity index (χ3v) is 9.28. The molecule has 234 valence electrons. The van der Waals surface area contributed by atoms with Gasteiger partial charge in [0.15, 0.2) is 11.5 Å². The average molecular weight is 620 g/mol. The molecule has 4 aromatic rings. The number of imidazole rings is 1. The topological polar surface area (TPSA) is 250 Å². The summed E-state index contributed by atoms with van der Waals surface area (Å²) >= 11 is 0. The summed E-state index contributed by atoms with van der Waals surface area (Å²) in [6, 6.07) is 5.13. The van der Waals surface area contributed by atoms with Crippen LogP contribution in [0.25, 0.3) is 5.65 Å². The minimum absolute atomic E-state index is 0.00360. The van der Waals surface area contributed by atoms with Crippen LogP contribution in [0.2, 0.25) is 0 Å². The Morgan fingerprint density at radius 2 is 1.62 bits per heavy atom. The molecule has 3 fully saturated rings. The van der Waals surface area contributed by atoms with E-state index >= 15 is 0 Å². The fourth-order valence-electron chi connectivity index (χ4n) is 6.34. The highest BCUT2D eigenvalue weighted by atomic mass is 19.1. The molecule has 0 atom stereocenters. The minimum Gasteiger partial charge on any atom is -0.481 e. The van der Waals surface area contributed by atoms with E-state index in [1.165, 1.54) is 22.6 Å². The third kappa shape index (κ3) is 4.97. The van der Waals surface area contributed by atoms with Gasteiger partial charge in [-0.25, -0.2) is 9.37 Å². The van der Waals surface area contributed by atoms with Crippen molar-refractivity contribution < 1.29 is 23.9 Å². The number of nitrogen functional groups attached to an aromatic ring is 3. The second-order valence-corrected chi connectivity index (χ2v) is 11.9. The number of carboxylic acids is 1. The number of hydrogen-bond donors (Lipinski definition) is 7. The lowest BCUT2D eigenvalue weighted by atomic mass is 9.53. The number of fused-ring (bicyclic) bond motifs is 4. The van der Waals surface area contributed by atoms with Gasteiger partial charge in [-0.2, -0.15) is 4.98 Å². The van der Waals surface area contributed by atoms with Crippen LogP contribution in [0.15, 0.2) is 33.9 Å². The van der Waals surface area contributed by atoms with Crippen LogP contribution in [0.4, 0.5) is 33.2 Å². The first-order chi connectivity index (χ1) is 21.3. The number of nitrogens with two attached hydrogens (primary N) is 3. The fraction of sp³-hybridized carbons (Fsp3) is 0.345. The van der Waals surface area contributed by atoms with Gasteiger partial charge < -0.3 is 38.3 Å². The molecule has 0 saturated heterocycles. The number of amides is 2. The maximum Gasteiger partial charge on any atom is 0.309 e. The number of carbonyl (C=O) groups excluding carboxylic acids is 2. The molecule has 10 N–H and O–H groups in total. The van der Waals surface area contributed by atoms with Gasteiger partial charge in [0.1, 0.15) is 28.6 Å². The maximum atomic E-state index is 14.4. The van der Waals surface area contributed by atoms with E-state index in [-0.39, 0.29) is 57.8 Å². The molecule has 0 radical (unpaired) electrons. The lowest BCUT2D eigenvalue weighted by Crippen LogP contribution is -2.50. The number of hydrogen-bond acceptors (Lipinski definition) is 11. The Labute approximate surface area is 253 Å². The van der Waals surface area contributed by atoms with Gasteiger partial charge in [-0.15, -0.1) is 0 Å². The summed E-state index contributed by atoms with van der Waals surface area (Å²) in [7, 11) is 0. The van der Waals surface area contributed by atoms with Crippen molar-refractivity contribution in [3.8, 4) is 0 Å². The van der Waals surface area contributed by atoms with E-state index in [1.807, 2.05) is 0 Å². The summed E-state index contributed by atoms with van der Waals surface area (Å²) in [5.74, 6) is -2.88. The van der Waals surface area contributed by atoms with Crippen LogP contribution in [-0.2, 0) is 11.3 Å². The van der Waals surface area contributed by atoms with Crippen LogP contribution >= 0.6 is 0 Å². The highest BCUT2D eigenvalue weighted by Crippen LogP contribution is 2.56. The first-order valence-electron chi connectivity index (χ1n) is 14.2. The molecule has 3 saturated carbocycles. The van der Waals surface area contributed by atoms with Gasteiger partial charge in [0.2, 0.25) is 5.95 Å². The van der Waals surface area contributed by atoms with E-state index in [4.69, 9.17) is 17.2 Å². The van der Waals surface area contributed by atoms with Crippen LogP contribution < -0.4 is 44.0 Å². The molecule has 0 spiro atoms. The van der Waals surface area contributed by atoms with Gasteiger partial charge >= 0.3 is 5.97 Å². The molecule has 3 aliphatic rings. The predicted octanol–water partition coefficient (Wildman–Crippen LogP) is 1.04. The molecule has 2 aromatic carbocycles. The van der Waals surface area contributed by atoms with E-state index < -0.39 is 39.9 Å². The quantitative estimate of drug-likeness (QED) is 0.130.